The molecule has 0 spiro atoms. The summed E-state index contributed by atoms with van der Waals surface area (Å²) in [6, 6.07) is 10.5. The lowest BCUT2D eigenvalue weighted by molar-refractivity contribution is 0.0981. The molecule has 2 N–H and O–H groups in total. The van der Waals surface area contributed by atoms with E-state index in [9.17, 15) is 13.2 Å². The highest BCUT2D eigenvalue weighted by molar-refractivity contribution is 7.90. The molecule has 0 saturated carbocycles. The van der Waals surface area contributed by atoms with Crippen LogP contribution >= 0.6 is 0 Å². The summed E-state index contributed by atoms with van der Waals surface area (Å²) < 4.78 is 29.7. The Morgan fingerprint density at radius 2 is 1.83 bits per heavy atom. The first-order valence-corrected chi connectivity index (χ1v) is 13.2. The second-order valence-corrected chi connectivity index (χ2v) is 10.3. The number of benzene rings is 1. The highest BCUT2D eigenvalue weighted by Crippen LogP contribution is 2.29. The van der Waals surface area contributed by atoms with Gasteiger partial charge in [0.15, 0.2) is 9.84 Å². The van der Waals surface area contributed by atoms with Gasteiger partial charge in [-0.1, -0.05) is 12.1 Å². The SMILES string of the molecule is CCNC(=O)Nc1ccc(-c2cc(-c3cncc(S(C)(=O)=O)c3)nc(N3CCOCC3C)n2)cc1. The third-order valence-corrected chi connectivity index (χ3v) is 6.63. The van der Waals surface area contributed by atoms with Gasteiger partial charge in [-0.15, -0.1) is 0 Å². The number of morpholine rings is 1. The molecular weight excluding hydrogens is 468 g/mol. The first kappa shape index (κ1) is 24.6. The lowest BCUT2D eigenvalue weighted by Crippen LogP contribution is -2.44. The number of hydrogen-bond acceptors (Lipinski definition) is 8. The Morgan fingerprint density at radius 3 is 2.49 bits per heavy atom. The maximum atomic E-state index is 12.1. The molecule has 1 fully saturated rings. The second-order valence-electron chi connectivity index (χ2n) is 8.30. The topological polar surface area (TPSA) is 126 Å². The minimum absolute atomic E-state index is 0.0796. The number of carbonyl (C=O) groups is 1. The molecular formula is C24H28N6O4S. The fourth-order valence-corrected chi connectivity index (χ4v) is 4.30. The van der Waals surface area contributed by atoms with E-state index >= 15 is 0 Å². The summed E-state index contributed by atoms with van der Waals surface area (Å²) in [5.41, 5.74) is 3.28. The molecule has 1 atom stereocenters. The lowest BCUT2D eigenvalue weighted by atomic mass is 10.1. The van der Waals surface area contributed by atoms with Gasteiger partial charge in [-0.05, 0) is 38.1 Å². The van der Waals surface area contributed by atoms with Crippen LogP contribution in [0.25, 0.3) is 22.5 Å². The number of anilines is 2. The van der Waals surface area contributed by atoms with Crippen molar-refractivity contribution in [2.75, 3.05) is 42.8 Å². The third-order valence-electron chi connectivity index (χ3n) is 5.55. The van der Waals surface area contributed by atoms with Crippen molar-refractivity contribution >= 4 is 27.5 Å². The standard InChI is InChI=1S/C24H28N6O4S/c1-4-26-24(31)27-19-7-5-17(6-8-19)21-12-22(18-11-20(14-25-13-18)35(3,32)33)29-23(28-21)30-9-10-34-15-16(30)2/h5-8,11-14,16H,4,9-10,15H2,1-3H3,(H2,26,27,31). The lowest BCUT2D eigenvalue weighted by Gasteiger charge is -2.33. The molecule has 1 unspecified atom stereocenters. The number of urea groups is 1. The van der Waals surface area contributed by atoms with Crippen LogP contribution in [0.4, 0.5) is 16.4 Å². The zero-order chi connectivity index (χ0) is 25.0. The first-order valence-electron chi connectivity index (χ1n) is 11.3. The van der Waals surface area contributed by atoms with Crippen molar-refractivity contribution in [2.24, 2.45) is 0 Å². The summed E-state index contributed by atoms with van der Waals surface area (Å²) in [4.78, 5) is 27.7. The van der Waals surface area contributed by atoms with Crippen LogP contribution in [0.1, 0.15) is 13.8 Å². The number of nitrogens with one attached hydrogen (secondary N) is 2. The number of amides is 2. The van der Waals surface area contributed by atoms with Gasteiger partial charge in [0.2, 0.25) is 5.95 Å². The average Bonchev–Trinajstić information content (AvgIpc) is 2.84. The molecule has 4 rings (SSSR count). The molecule has 0 aliphatic carbocycles. The molecule has 0 bridgehead atoms. The fourth-order valence-electron chi connectivity index (χ4n) is 3.70. The van der Waals surface area contributed by atoms with Gasteiger partial charge < -0.3 is 20.3 Å². The number of hydrogen-bond donors (Lipinski definition) is 2. The van der Waals surface area contributed by atoms with Gasteiger partial charge in [-0.3, -0.25) is 4.98 Å². The monoisotopic (exact) mass is 496 g/mol. The van der Waals surface area contributed by atoms with E-state index in [1.165, 1.54) is 6.20 Å². The van der Waals surface area contributed by atoms with Gasteiger partial charge in [-0.25, -0.2) is 23.2 Å². The van der Waals surface area contributed by atoms with Crippen molar-refractivity contribution in [1.29, 1.82) is 0 Å². The van der Waals surface area contributed by atoms with Gasteiger partial charge in [0.1, 0.15) is 0 Å². The van der Waals surface area contributed by atoms with Crippen LogP contribution in [0.5, 0.6) is 0 Å². The summed E-state index contributed by atoms with van der Waals surface area (Å²) in [6.07, 6.45) is 4.06. The minimum atomic E-state index is -3.43. The molecule has 35 heavy (non-hydrogen) atoms. The average molecular weight is 497 g/mol. The van der Waals surface area contributed by atoms with Gasteiger partial charge in [0.05, 0.1) is 35.5 Å². The van der Waals surface area contributed by atoms with Gasteiger partial charge in [0.25, 0.3) is 0 Å². The van der Waals surface area contributed by atoms with Crippen molar-refractivity contribution in [3.05, 3.63) is 48.8 Å². The Labute approximate surface area is 204 Å². The molecule has 3 aromatic rings. The van der Waals surface area contributed by atoms with Crippen molar-refractivity contribution in [3.63, 3.8) is 0 Å². The van der Waals surface area contributed by atoms with Crippen LogP contribution < -0.4 is 15.5 Å². The Bertz CT molecular complexity index is 1310. The predicted octanol–water partition coefficient (Wildman–Crippen LogP) is 2.98. The fraction of sp³-hybridized carbons (Fsp3) is 0.333. The van der Waals surface area contributed by atoms with Gasteiger partial charge in [-0.2, -0.15) is 0 Å². The number of nitrogens with zero attached hydrogens (tertiary/aromatic N) is 4. The summed E-state index contributed by atoms with van der Waals surface area (Å²) in [7, 11) is -3.43. The van der Waals surface area contributed by atoms with E-state index in [2.05, 4.69) is 20.5 Å². The Morgan fingerprint density at radius 1 is 1.11 bits per heavy atom. The Kier molecular flexibility index (Phi) is 7.27. The molecule has 1 aromatic carbocycles. The maximum Gasteiger partial charge on any atom is 0.319 e. The maximum absolute atomic E-state index is 12.1. The predicted molar refractivity (Wildman–Crippen MR) is 134 cm³/mol. The molecule has 11 heteroatoms. The van der Waals surface area contributed by atoms with Gasteiger partial charge >= 0.3 is 6.03 Å². The van der Waals surface area contributed by atoms with Crippen LogP contribution in [0.2, 0.25) is 0 Å². The number of rotatable bonds is 6. The first-order chi connectivity index (χ1) is 16.7. The van der Waals surface area contributed by atoms with E-state index in [-0.39, 0.29) is 17.0 Å². The minimum Gasteiger partial charge on any atom is -0.377 e. The number of sulfone groups is 1. The van der Waals surface area contributed by atoms with Crippen LogP contribution in [0, 0.1) is 0 Å². The highest BCUT2D eigenvalue weighted by Gasteiger charge is 2.23. The van der Waals surface area contributed by atoms with Crippen LogP contribution in [0.3, 0.4) is 0 Å². The summed E-state index contributed by atoms with van der Waals surface area (Å²) in [5, 5.41) is 5.47. The summed E-state index contributed by atoms with van der Waals surface area (Å²) >= 11 is 0. The third kappa shape index (κ3) is 5.92. The van der Waals surface area contributed by atoms with E-state index in [1.807, 2.05) is 32.0 Å². The molecule has 3 heterocycles. The largest absolute Gasteiger partial charge is 0.377 e. The molecule has 184 valence electrons. The van der Waals surface area contributed by atoms with Crippen molar-refractivity contribution in [3.8, 4) is 22.5 Å². The van der Waals surface area contributed by atoms with Crippen molar-refractivity contribution < 1.29 is 17.9 Å². The number of aromatic nitrogens is 3. The quantitative estimate of drug-likeness (QED) is 0.533. The second kappa shape index (κ2) is 10.4. The number of carbonyl (C=O) groups excluding carboxylic acids is 1. The van der Waals surface area contributed by atoms with Crippen LogP contribution in [0.15, 0.2) is 53.7 Å². The normalized spacial score (nSPS) is 16.1. The molecule has 2 amide bonds. The van der Waals surface area contributed by atoms with E-state index in [1.54, 1.807) is 24.4 Å². The summed E-state index contributed by atoms with van der Waals surface area (Å²) in [6.45, 7) is 6.20. The number of pyridine rings is 1. The molecule has 1 aliphatic rings. The molecule has 0 radical (unpaired) electrons. The van der Waals surface area contributed by atoms with Crippen molar-refractivity contribution in [1.82, 2.24) is 20.3 Å². The van der Waals surface area contributed by atoms with Crippen LogP contribution in [-0.2, 0) is 14.6 Å². The van der Waals surface area contributed by atoms with Gasteiger partial charge in [0, 0.05) is 48.6 Å². The smallest absolute Gasteiger partial charge is 0.319 e. The molecule has 1 saturated heterocycles. The Hall–Kier alpha value is -3.57. The highest BCUT2D eigenvalue weighted by atomic mass is 32.2. The van der Waals surface area contributed by atoms with E-state index in [4.69, 9.17) is 14.7 Å². The van der Waals surface area contributed by atoms with E-state index < -0.39 is 9.84 Å². The zero-order valence-corrected chi connectivity index (χ0v) is 20.7. The van der Waals surface area contributed by atoms with Crippen molar-refractivity contribution in [2.45, 2.75) is 24.8 Å². The number of ether oxygens (including phenoxy) is 1. The molecule has 2 aromatic heterocycles. The summed E-state index contributed by atoms with van der Waals surface area (Å²) in [5.74, 6) is 0.530. The van der Waals surface area contributed by atoms with E-state index in [0.717, 1.165) is 11.8 Å². The Balaban J connectivity index is 1.76. The zero-order valence-electron chi connectivity index (χ0n) is 19.9. The molecule has 10 nitrogen and oxygen atoms in total. The van der Waals surface area contributed by atoms with E-state index in [0.29, 0.717) is 54.9 Å². The van der Waals surface area contributed by atoms with Crippen LogP contribution in [-0.4, -0.2) is 68.0 Å². The molecule has 1 aliphatic heterocycles.